The number of piperidine rings is 1. The summed E-state index contributed by atoms with van der Waals surface area (Å²) in [6.45, 7) is 3.24. The van der Waals surface area contributed by atoms with Crippen molar-refractivity contribution in [1.29, 1.82) is 0 Å². The molecule has 0 radical (unpaired) electrons. The average molecular weight is 476 g/mol. The molecule has 1 fully saturated rings. The second-order valence-corrected chi connectivity index (χ2v) is 8.99. The van der Waals surface area contributed by atoms with Gasteiger partial charge in [0.15, 0.2) is 0 Å². The number of nitrogens with zero attached hydrogens (tertiary/aromatic N) is 1. The van der Waals surface area contributed by atoms with E-state index in [9.17, 15) is 0 Å². The van der Waals surface area contributed by atoms with Crippen LogP contribution in [-0.2, 0) is 13.2 Å². The number of rotatable bonds is 7. The molecule has 162 valence electrons. The van der Waals surface area contributed by atoms with Gasteiger partial charge in [-0.05, 0) is 67.3 Å². The van der Waals surface area contributed by atoms with Gasteiger partial charge in [0, 0.05) is 40.9 Å². The third kappa shape index (κ3) is 6.00. The van der Waals surface area contributed by atoms with Gasteiger partial charge < -0.3 is 15.0 Å². The number of halogens is 3. The van der Waals surface area contributed by atoms with Crippen LogP contribution in [0.2, 0.25) is 15.1 Å². The Balaban J connectivity index is 1.35. The molecule has 0 amide bonds. The van der Waals surface area contributed by atoms with Crippen LogP contribution in [-0.4, -0.2) is 13.1 Å². The number of nitrogens with one attached hydrogen (secondary N) is 1. The molecule has 1 N–H and O–H groups in total. The Labute approximate surface area is 198 Å². The standard InChI is InChI=1S/C25H25Cl3N2O/c26-20-8-7-19(23(27)14-20)17-31-22-6-4-5-18(13-22)16-29-21-9-10-25(24(28)15-21)30-11-2-1-3-12-30/h4-10,13-15,29H,1-3,11-12,16-17H2. The van der Waals surface area contributed by atoms with Crippen molar-refractivity contribution in [2.75, 3.05) is 23.3 Å². The lowest BCUT2D eigenvalue weighted by atomic mass is 10.1. The Bertz CT molecular complexity index is 1040. The minimum atomic E-state index is 0.389. The quantitative estimate of drug-likeness (QED) is 0.377. The third-order valence-corrected chi connectivity index (χ3v) is 6.34. The number of anilines is 2. The van der Waals surface area contributed by atoms with Crippen molar-refractivity contribution in [2.45, 2.75) is 32.4 Å². The van der Waals surface area contributed by atoms with E-state index in [0.717, 1.165) is 46.4 Å². The van der Waals surface area contributed by atoms with E-state index in [4.69, 9.17) is 39.5 Å². The fraction of sp³-hybridized carbons (Fsp3) is 0.280. The second-order valence-electron chi connectivity index (χ2n) is 7.74. The molecule has 1 aliphatic rings. The van der Waals surface area contributed by atoms with E-state index in [2.05, 4.69) is 28.4 Å². The molecule has 1 heterocycles. The highest BCUT2D eigenvalue weighted by atomic mass is 35.5. The predicted molar refractivity (Wildman–Crippen MR) is 132 cm³/mol. The molecule has 1 saturated heterocycles. The van der Waals surface area contributed by atoms with Crippen molar-refractivity contribution in [3.05, 3.63) is 86.9 Å². The summed E-state index contributed by atoms with van der Waals surface area (Å²) in [7, 11) is 0. The van der Waals surface area contributed by atoms with E-state index in [-0.39, 0.29) is 0 Å². The molecule has 0 saturated carbocycles. The number of benzene rings is 3. The summed E-state index contributed by atoms with van der Waals surface area (Å²) in [5, 5.41) is 5.47. The van der Waals surface area contributed by atoms with Crippen molar-refractivity contribution in [2.24, 2.45) is 0 Å². The van der Waals surface area contributed by atoms with E-state index >= 15 is 0 Å². The number of ether oxygens (including phenoxy) is 1. The molecular formula is C25H25Cl3N2O. The van der Waals surface area contributed by atoms with Crippen LogP contribution in [0.1, 0.15) is 30.4 Å². The van der Waals surface area contributed by atoms with Gasteiger partial charge in [0.25, 0.3) is 0 Å². The van der Waals surface area contributed by atoms with Crippen molar-refractivity contribution in [3.8, 4) is 5.75 Å². The fourth-order valence-corrected chi connectivity index (χ4v) is 4.52. The molecule has 3 aromatic rings. The van der Waals surface area contributed by atoms with Crippen LogP contribution in [0.25, 0.3) is 0 Å². The van der Waals surface area contributed by atoms with Crippen LogP contribution >= 0.6 is 34.8 Å². The average Bonchev–Trinajstić information content (AvgIpc) is 2.78. The fourth-order valence-electron chi connectivity index (χ4n) is 3.76. The van der Waals surface area contributed by atoms with Gasteiger partial charge in [0.1, 0.15) is 12.4 Å². The van der Waals surface area contributed by atoms with Crippen LogP contribution < -0.4 is 15.0 Å². The Morgan fingerprint density at radius 3 is 2.45 bits per heavy atom. The third-order valence-electron chi connectivity index (χ3n) is 5.45. The van der Waals surface area contributed by atoms with Gasteiger partial charge in [0.05, 0.1) is 10.7 Å². The van der Waals surface area contributed by atoms with E-state index in [1.54, 1.807) is 6.07 Å². The molecule has 0 aromatic heterocycles. The van der Waals surface area contributed by atoms with Gasteiger partial charge in [-0.15, -0.1) is 0 Å². The van der Waals surface area contributed by atoms with Crippen LogP contribution in [0.5, 0.6) is 5.75 Å². The molecular weight excluding hydrogens is 451 g/mol. The van der Waals surface area contributed by atoms with E-state index in [0.29, 0.717) is 23.2 Å². The van der Waals surface area contributed by atoms with Crippen LogP contribution in [0.4, 0.5) is 11.4 Å². The van der Waals surface area contributed by atoms with Gasteiger partial charge in [0.2, 0.25) is 0 Å². The van der Waals surface area contributed by atoms with Gasteiger partial charge >= 0.3 is 0 Å². The van der Waals surface area contributed by atoms with Crippen LogP contribution in [0.15, 0.2) is 60.7 Å². The van der Waals surface area contributed by atoms with Gasteiger partial charge in [-0.2, -0.15) is 0 Å². The van der Waals surface area contributed by atoms with Gasteiger partial charge in [-0.25, -0.2) is 0 Å². The Morgan fingerprint density at radius 2 is 1.68 bits per heavy atom. The first kappa shape index (κ1) is 22.1. The van der Waals surface area contributed by atoms with E-state index < -0.39 is 0 Å². The SMILES string of the molecule is Clc1ccc(COc2cccc(CNc3ccc(N4CCCCC4)c(Cl)c3)c2)c(Cl)c1. The lowest BCUT2D eigenvalue weighted by molar-refractivity contribution is 0.306. The summed E-state index contributed by atoms with van der Waals surface area (Å²) in [4.78, 5) is 2.38. The highest BCUT2D eigenvalue weighted by molar-refractivity contribution is 6.35. The summed E-state index contributed by atoms with van der Waals surface area (Å²) < 4.78 is 5.93. The first-order valence-electron chi connectivity index (χ1n) is 10.5. The Kier molecular flexibility index (Phi) is 7.49. The van der Waals surface area contributed by atoms with Crippen molar-refractivity contribution < 1.29 is 4.74 Å². The monoisotopic (exact) mass is 474 g/mol. The molecule has 3 aromatic carbocycles. The van der Waals surface area contributed by atoms with E-state index in [1.165, 1.54) is 19.3 Å². The van der Waals surface area contributed by atoms with Gasteiger partial charge in [-0.1, -0.05) is 53.0 Å². The number of hydrogen-bond donors (Lipinski definition) is 1. The highest BCUT2D eigenvalue weighted by Gasteiger charge is 2.14. The smallest absolute Gasteiger partial charge is 0.120 e. The molecule has 0 atom stereocenters. The maximum atomic E-state index is 6.57. The molecule has 31 heavy (non-hydrogen) atoms. The van der Waals surface area contributed by atoms with Crippen molar-refractivity contribution in [1.82, 2.24) is 0 Å². The normalized spacial score (nSPS) is 13.8. The summed E-state index contributed by atoms with van der Waals surface area (Å²) in [6, 6.07) is 19.7. The zero-order valence-electron chi connectivity index (χ0n) is 17.2. The van der Waals surface area contributed by atoms with Crippen molar-refractivity contribution in [3.63, 3.8) is 0 Å². The van der Waals surface area contributed by atoms with Crippen molar-refractivity contribution >= 4 is 46.2 Å². The lowest BCUT2D eigenvalue weighted by Gasteiger charge is -2.29. The maximum Gasteiger partial charge on any atom is 0.120 e. The first-order valence-corrected chi connectivity index (χ1v) is 11.7. The molecule has 0 bridgehead atoms. The number of hydrogen-bond acceptors (Lipinski definition) is 3. The highest BCUT2D eigenvalue weighted by Crippen LogP contribution is 2.31. The molecule has 0 aliphatic carbocycles. The molecule has 0 spiro atoms. The topological polar surface area (TPSA) is 24.5 Å². The first-order chi connectivity index (χ1) is 15.1. The summed E-state index contributed by atoms with van der Waals surface area (Å²) in [5.41, 5.74) is 4.15. The lowest BCUT2D eigenvalue weighted by Crippen LogP contribution is -2.29. The molecule has 4 rings (SSSR count). The molecule has 1 aliphatic heterocycles. The van der Waals surface area contributed by atoms with E-state index in [1.807, 2.05) is 36.4 Å². The predicted octanol–water partition coefficient (Wildman–Crippen LogP) is 7.83. The molecule has 3 nitrogen and oxygen atoms in total. The summed E-state index contributed by atoms with van der Waals surface area (Å²) in [6.07, 6.45) is 3.78. The second kappa shape index (κ2) is 10.5. The van der Waals surface area contributed by atoms with Crippen LogP contribution in [0.3, 0.4) is 0 Å². The minimum Gasteiger partial charge on any atom is -0.489 e. The zero-order valence-corrected chi connectivity index (χ0v) is 19.5. The molecule has 6 heteroatoms. The molecule has 0 unspecified atom stereocenters. The summed E-state index contributed by atoms with van der Waals surface area (Å²) in [5.74, 6) is 0.795. The Hall–Kier alpha value is -2.07. The summed E-state index contributed by atoms with van der Waals surface area (Å²) >= 11 is 18.8. The van der Waals surface area contributed by atoms with Gasteiger partial charge in [-0.3, -0.25) is 0 Å². The van der Waals surface area contributed by atoms with Crippen LogP contribution in [0, 0.1) is 0 Å². The maximum absolute atomic E-state index is 6.57. The largest absolute Gasteiger partial charge is 0.489 e. The Morgan fingerprint density at radius 1 is 0.839 bits per heavy atom. The zero-order chi connectivity index (χ0) is 21.6. The minimum absolute atomic E-state index is 0.389.